The van der Waals surface area contributed by atoms with Gasteiger partial charge in [0.25, 0.3) is 0 Å². The molecule has 0 radical (unpaired) electrons. The van der Waals surface area contributed by atoms with Crippen molar-refractivity contribution in [3.63, 3.8) is 0 Å². The van der Waals surface area contributed by atoms with Crippen LogP contribution in [-0.2, 0) is 11.2 Å². The van der Waals surface area contributed by atoms with Crippen molar-refractivity contribution in [2.24, 2.45) is 5.73 Å². The van der Waals surface area contributed by atoms with Crippen molar-refractivity contribution in [2.75, 3.05) is 37.7 Å². The molecule has 1 aliphatic heterocycles. The van der Waals surface area contributed by atoms with E-state index in [-0.39, 0.29) is 0 Å². The van der Waals surface area contributed by atoms with Gasteiger partial charge in [0, 0.05) is 19.3 Å². The summed E-state index contributed by atoms with van der Waals surface area (Å²) in [4.78, 5) is 6.68. The maximum atomic E-state index is 5.51. The van der Waals surface area contributed by atoms with Crippen LogP contribution < -0.4 is 10.6 Å². The molecule has 2 rings (SSSR count). The predicted molar refractivity (Wildman–Crippen MR) is 64.6 cm³/mol. The lowest BCUT2D eigenvalue weighted by Crippen LogP contribution is -2.36. The lowest BCUT2D eigenvalue weighted by atomic mass is 10.1. The van der Waals surface area contributed by atoms with Crippen molar-refractivity contribution >= 4 is 5.82 Å². The third-order valence-corrected chi connectivity index (χ3v) is 2.81. The fourth-order valence-electron chi connectivity index (χ4n) is 1.89. The molecule has 2 heterocycles. The monoisotopic (exact) mass is 221 g/mol. The van der Waals surface area contributed by atoms with E-state index in [1.54, 1.807) is 0 Å². The molecule has 0 aliphatic carbocycles. The zero-order valence-electron chi connectivity index (χ0n) is 9.56. The Labute approximate surface area is 96.4 Å². The van der Waals surface area contributed by atoms with Crippen molar-refractivity contribution in [3.8, 4) is 0 Å². The summed E-state index contributed by atoms with van der Waals surface area (Å²) in [5, 5.41) is 0. The third-order valence-electron chi connectivity index (χ3n) is 2.81. The van der Waals surface area contributed by atoms with Crippen LogP contribution in [0.1, 0.15) is 12.0 Å². The summed E-state index contributed by atoms with van der Waals surface area (Å²) in [5.74, 6) is 1.07. The lowest BCUT2D eigenvalue weighted by molar-refractivity contribution is 0.122. The highest BCUT2D eigenvalue weighted by Gasteiger charge is 2.12. The largest absolute Gasteiger partial charge is 0.378 e. The molecule has 0 bridgehead atoms. The molecule has 1 aromatic heterocycles. The van der Waals surface area contributed by atoms with E-state index in [1.807, 2.05) is 6.20 Å². The zero-order valence-corrected chi connectivity index (χ0v) is 9.56. The molecule has 0 aromatic carbocycles. The second kappa shape index (κ2) is 5.82. The molecule has 4 heteroatoms. The number of anilines is 1. The van der Waals surface area contributed by atoms with Gasteiger partial charge in [-0.2, -0.15) is 0 Å². The molecule has 0 saturated carbocycles. The fourth-order valence-corrected chi connectivity index (χ4v) is 1.89. The van der Waals surface area contributed by atoms with E-state index >= 15 is 0 Å². The Morgan fingerprint density at radius 2 is 2.19 bits per heavy atom. The van der Waals surface area contributed by atoms with Gasteiger partial charge < -0.3 is 15.4 Å². The summed E-state index contributed by atoms with van der Waals surface area (Å²) in [5.41, 5.74) is 6.84. The van der Waals surface area contributed by atoms with Crippen LogP contribution in [0.25, 0.3) is 0 Å². The predicted octanol–water partition coefficient (Wildman–Crippen LogP) is 0.809. The standard InChI is InChI=1S/C12H19N3O/c13-4-1-2-11-3-5-14-12(10-11)15-6-8-16-9-7-15/h3,5,10H,1-2,4,6-9,13H2. The van der Waals surface area contributed by atoms with Crippen molar-refractivity contribution in [3.05, 3.63) is 23.9 Å². The van der Waals surface area contributed by atoms with E-state index in [1.165, 1.54) is 5.56 Å². The van der Waals surface area contributed by atoms with Crippen LogP contribution in [-0.4, -0.2) is 37.8 Å². The Balaban J connectivity index is 2.02. The second-order valence-corrected chi connectivity index (χ2v) is 4.01. The maximum Gasteiger partial charge on any atom is 0.128 e. The minimum absolute atomic E-state index is 0.745. The Hall–Kier alpha value is -1.13. The number of nitrogens with zero attached hydrogens (tertiary/aromatic N) is 2. The number of aromatic nitrogens is 1. The molecule has 0 spiro atoms. The minimum atomic E-state index is 0.745. The highest BCUT2D eigenvalue weighted by molar-refractivity contribution is 5.41. The summed E-state index contributed by atoms with van der Waals surface area (Å²) in [7, 11) is 0. The van der Waals surface area contributed by atoms with Gasteiger partial charge in [0.2, 0.25) is 0 Å². The highest BCUT2D eigenvalue weighted by Crippen LogP contribution is 2.15. The summed E-state index contributed by atoms with van der Waals surface area (Å²) in [6.07, 6.45) is 3.96. The molecule has 1 saturated heterocycles. The first kappa shape index (κ1) is 11.4. The average molecular weight is 221 g/mol. The molecule has 88 valence electrons. The molecular weight excluding hydrogens is 202 g/mol. The van der Waals surface area contributed by atoms with Gasteiger partial charge in [-0.3, -0.25) is 0 Å². The van der Waals surface area contributed by atoms with Crippen LogP contribution in [0, 0.1) is 0 Å². The summed E-state index contributed by atoms with van der Waals surface area (Å²) >= 11 is 0. The first-order valence-corrected chi connectivity index (χ1v) is 5.88. The number of ether oxygens (including phenoxy) is 1. The van der Waals surface area contributed by atoms with Crippen molar-refractivity contribution < 1.29 is 4.74 Å². The Kier molecular flexibility index (Phi) is 4.13. The molecule has 0 amide bonds. The topological polar surface area (TPSA) is 51.4 Å². The molecule has 16 heavy (non-hydrogen) atoms. The number of hydrogen-bond acceptors (Lipinski definition) is 4. The molecular formula is C12H19N3O. The highest BCUT2D eigenvalue weighted by atomic mass is 16.5. The van der Waals surface area contributed by atoms with E-state index in [0.717, 1.165) is 51.5 Å². The van der Waals surface area contributed by atoms with Crippen LogP contribution in [0.15, 0.2) is 18.3 Å². The quantitative estimate of drug-likeness (QED) is 0.817. The normalized spacial score (nSPS) is 16.4. The van der Waals surface area contributed by atoms with Gasteiger partial charge in [-0.1, -0.05) is 0 Å². The molecule has 2 N–H and O–H groups in total. The molecule has 1 aromatic rings. The number of aryl methyl sites for hydroxylation is 1. The zero-order chi connectivity index (χ0) is 11.2. The Morgan fingerprint density at radius 1 is 1.38 bits per heavy atom. The maximum absolute atomic E-state index is 5.51. The summed E-state index contributed by atoms with van der Waals surface area (Å²) < 4.78 is 5.33. The molecule has 1 fully saturated rings. The number of hydrogen-bond donors (Lipinski definition) is 1. The van der Waals surface area contributed by atoms with Crippen LogP contribution in [0.3, 0.4) is 0 Å². The van der Waals surface area contributed by atoms with Crippen molar-refractivity contribution in [1.82, 2.24) is 4.98 Å². The van der Waals surface area contributed by atoms with Gasteiger partial charge in [0.1, 0.15) is 5.82 Å². The molecule has 0 atom stereocenters. The Morgan fingerprint density at radius 3 is 2.94 bits per heavy atom. The number of pyridine rings is 1. The summed E-state index contributed by atoms with van der Waals surface area (Å²) in [6, 6.07) is 4.24. The molecule has 1 aliphatic rings. The lowest BCUT2D eigenvalue weighted by Gasteiger charge is -2.28. The van der Waals surface area contributed by atoms with E-state index < -0.39 is 0 Å². The number of rotatable bonds is 4. The molecule has 4 nitrogen and oxygen atoms in total. The van der Waals surface area contributed by atoms with Gasteiger partial charge in [0.05, 0.1) is 13.2 Å². The second-order valence-electron chi connectivity index (χ2n) is 4.01. The number of nitrogens with two attached hydrogens (primary N) is 1. The SMILES string of the molecule is NCCCc1ccnc(N2CCOCC2)c1. The van der Waals surface area contributed by atoms with Gasteiger partial charge in [-0.15, -0.1) is 0 Å². The van der Waals surface area contributed by atoms with Crippen LogP contribution >= 0.6 is 0 Å². The smallest absolute Gasteiger partial charge is 0.128 e. The van der Waals surface area contributed by atoms with Gasteiger partial charge in [0.15, 0.2) is 0 Å². The third kappa shape index (κ3) is 2.93. The van der Waals surface area contributed by atoms with Crippen LogP contribution in [0.5, 0.6) is 0 Å². The van der Waals surface area contributed by atoms with Gasteiger partial charge in [-0.05, 0) is 37.1 Å². The summed E-state index contributed by atoms with van der Waals surface area (Å²) in [6.45, 7) is 4.22. The first-order valence-electron chi connectivity index (χ1n) is 5.88. The fraction of sp³-hybridized carbons (Fsp3) is 0.583. The van der Waals surface area contributed by atoms with E-state index in [2.05, 4.69) is 22.0 Å². The van der Waals surface area contributed by atoms with E-state index in [0.29, 0.717) is 0 Å². The van der Waals surface area contributed by atoms with Crippen LogP contribution in [0.4, 0.5) is 5.82 Å². The van der Waals surface area contributed by atoms with E-state index in [4.69, 9.17) is 10.5 Å². The average Bonchev–Trinajstić information content (AvgIpc) is 2.38. The van der Waals surface area contributed by atoms with Gasteiger partial charge in [-0.25, -0.2) is 4.98 Å². The van der Waals surface area contributed by atoms with Crippen molar-refractivity contribution in [2.45, 2.75) is 12.8 Å². The minimum Gasteiger partial charge on any atom is -0.378 e. The Bertz CT molecular complexity index is 324. The van der Waals surface area contributed by atoms with Crippen molar-refractivity contribution in [1.29, 1.82) is 0 Å². The van der Waals surface area contributed by atoms with Crippen LogP contribution in [0.2, 0.25) is 0 Å². The van der Waals surface area contributed by atoms with Gasteiger partial charge >= 0.3 is 0 Å². The van der Waals surface area contributed by atoms with E-state index in [9.17, 15) is 0 Å². The molecule has 0 unspecified atom stereocenters. The first-order chi connectivity index (χ1) is 7.90. The number of morpholine rings is 1.